The standard InChI is InChI=1S/C19H22O3/c1-14(10-11-15-8-4-2-5-9-15)16-17(20)19(22-18(16)21)12-6-3-7-13-19/h2,4-5,8-11,14,20H,3,6-7,12-13H2,1H3/b11-10+. The van der Waals surface area contributed by atoms with Crippen molar-refractivity contribution >= 4 is 12.0 Å². The van der Waals surface area contributed by atoms with Crippen molar-refractivity contribution in [3.63, 3.8) is 0 Å². The van der Waals surface area contributed by atoms with Gasteiger partial charge in [-0.25, -0.2) is 4.79 Å². The molecule has 1 unspecified atom stereocenters. The van der Waals surface area contributed by atoms with E-state index in [1.54, 1.807) is 0 Å². The minimum absolute atomic E-state index is 0.158. The van der Waals surface area contributed by atoms with Gasteiger partial charge < -0.3 is 9.84 Å². The number of rotatable bonds is 3. The van der Waals surface area contributed by atoms with E-state index in [1.165, 1.54) is 0 Å². The SMILES string of the molecule is CC(/C=C/c1ccccc1)C1=C(O)C2(CCCCC2)OC1=O. The number of hydrogen-bond donors (Lipinski definition) is 1. The van der Waals surface area contributed by atoms with E-state index in [9.17, 15) is 9.90 Å². The molecule has 1 aliphatic heterocycles. The van der Waals surface area contributed by atoms with Crippen LogP contribution >= 0.6 is 0 Å². The van der Waals surface area contributed by atoms with Gasteiger partial charge in [-0.2, -0.15) is 0 Å². The normalized spacial score (nSPS) is 22.3. The second-order valence-electron chi connectivity index (χ2n) is 6.27. The molecule has 3 heteroatoms. The monoisotopic (exact) mass is 298 g/mol. The quantitative estimate of drug-likeness (QED) is 0.841. The molecule has 0 aromatic heterocycles. The first-order chi connectivity index (χ1) is 10.6. The van der Waals surface area contributed by atoms with Gasteiger partial charge in [-0.1, -0.05) is 55.8 Å². The molecule has 0 radical (unpaired) electrons. The lowest BCUT2D eigenvalue weighted by Crippen LogP contribution is -2.34. The van der Waals surface area contributed by atoms with Crippen molar-refractivity contribution in [2.24, 2.45) is 5.92 Å². The molecule has 1 aromatic carbocycles. The van der Waals surface area contributed by atoms with Crippen LogP contribution in [0.3, 0.4) is 0 Å². The zero-order chi connectivity index (χ0) is 15.6. The average molecular weight is 298 g/mol. The van der Waals surface area contributed by atoms with Crippen molar-refractivity contribution in [2.75, 3.05) is 0 Å². The maximum absolute atomic E-state index is 12.2. The van der Waals surface area contributed by atoms with Crippen molar-refractivity contribution in [2.45, 2.75) is 44.6 Å². The van der Waals surface area contributed by atoms with Crippen molar-refractivity contribution in [3.8, 4) is 0 Å². The molecule has 1 saturated carbocycles. The fourth-order valence-electron chi connectivity index (χ4n) is 3.40. The molecule has 0 bridgehead atoms. The van der Waals surface area contributed by atoms with Crippen LogP contribution in [0, 0.1) is 5.92 Å². The molecule has 0 amide bonds. The highest BCUT2D eigenvalue weighted by Gasteiger charge is 2.49. The van der Waals surface area contributed by atoms with Crippen LogP contribution in [0.2, 0.25) is 0 Å². The smallest absolute Gasteiger partial charge is 0.339 e. The first kappa shape index (κ1) is 14.9. The van der Waals surface area contributed by atoms with E-state index in [-0.39, 0.29) is 17.6 Å². The summed E-state index contributed by atoms with van der Waals surface area (Å²) < 4.78 is 5.59. The van der Waals surface area contributed by atoms with Crippen molar-refractivity contribution in [1.29, 1.82) is 0 Å². The van der Waals surface area contributed by atoms with E-state index in [1.807, 2.05) is 49.4 Å². The maximum Gasteiger partial charge on any atom is 0.339 e. The van der Waals surface area contributed by atoms with Crippen LogP contribution in [-0.2, 0) is 9.53 Å². The molecule has 1 aromatic rings. The third-order valence-electron chi connectivity index (χ3n) is 4.69. The number of esters is 1. The Bertz CT molecular complexity index is 607. The van der Waals surface area contributed by atoms with Crippen LogP contribution in [0.5, 0.6) is 0 Å². The number of aliphatic hydroxyl groups is 1. The summed E-state index contributed by atoms with van der Waals surface area (Å²) in [4.78, 5) is 12.2. The zero-order valence-corrected chi connectivity index (χ0v) is 12.9. The van der Waals surface area contributed by atoms with E-state index < -0.39 is 5.60 Å². The third kappa shape index (κ3) is 2.68. The lowest BCUT2D eigenvalue weighted by molar-refractivity contribution is -0.151. The largest absolute Gasteiger partial charge is 0.507 e. The fraction of sp³-hybridized carbons (Fsp3) is 0.421. The Balaban J connectivity index is 1.83. The van der Waals surface area contributed by atoms with Crippen LogP contribution in [0.25, 0.3) is 6.08 Å². The molecule has 3 rings (SSSR count). The van der Waals surface area contributed by atoms with E-state index in [0.717, 1.165) is 37.7 Å². The first-order valence-electron chi connectivity index (χ1n) is 8.03. The number of ether oxygens (including phenoxy) is 1. The summed E-state index contributed by atoms with van der Waals surface area (Å²) in [5, 5.41) is 10.6. The van der Waals surface area contributed by atoms with Gasteiger partial charge in [0.2, 0.25) is 0 Å². The fourth-order valence-corrected chi connectivity index (χ4v) is 3.40. The molecule has 3 nitrogen and oxygen atoms in total. The van der Waals surface area contributed by atoms with Crippen LogP contribution in [0.15, 0.2) is 47.7 Å². The molecule has 1 heterocycles. The van der Waals surface area contributed by atoms with E-state index in [4.69, 9.17) is 4.74 Å². The van der Waals surface area contributed by atoms with Crippen molar-refractivity contribution in [3.05, 3.63) is 53.3 Å². The number of carbonyl (C=O) groups excluding carboxylic acids is 1. The van der Waals surface area contributed by atoms with Gasteiger partial charge in [-0.3, -0.25) is 0 Å². The number of benzene rings is 1. The molecular formula is C19H22O3. The van der Waals surface area contributed by atoms with E-state index in [0.29, 0.717) is 5.57 Å². The predicted molar refractivity (Wildman–Crippen MR) is 86.2 cm³/mol. The minimum atomic E-state index is -0.737. The molecule has 1 spiro atoms. The molecule has 1 fully saturated rings. The topological polar surface area (TPSA) is 46.5 Å². The van der Waals surface area contributed by atoms with Gasteiger partial charge in [-0.05, 0) is 31.2 Å². The summed E-state index contributed by atoms with van der Waals surface area (Å²) in [6.07, 6.45) is 8.55. The number of hydrogen-bond acceptors (Lipinski definition) is 3. The Labute approximate surface area is 131 Å². The van der Waals surface area contributed by atoms with Gasteiger partial charge in [0, 0.05) is 5.92 Å². The van der Waals surface area contributed by atoms with Crippen LogP contribution in [0.1, 0.15) is 44.6 Å². The van der Waals surface area contributed by atoms with Crippen LogP contribution in [0.4, 0.5) is 0 Å². The second-order valence-corrected chi connectivity index (χ2v) is 6.27. The second kappa shape index (κ2) is 5.99. The van der Waals surface area contributed by atoms with Gasteiger partial charge in [-0.15, -0.1) is 0 Å². The Morgan fingerprint density at radius 1 is 1.18 bits per heavy atom. The highest BCUT2D eigenvalue weighted by atomic mass is 16.6. The number of allylic oxidation sites excluding steroid dienone is 1. The summed E-state index contributed by atoms with van der Waals surface area (Å²) >= 11 is 0. The summed E-state index contributed by atoms with van der Waals surface area (Å²) in [6.45, 7) is 1.92. The molecule has 1 atom stereocenters. The zero-order valence-electron chi connectivity index (χ0n) is 12.9. The molecule has 1 N–H and O–H groups in total. The van der Waals surface area contributed by atoms with Gasteiger partial charge in [0.1, 0.15) is 5.76 Å². The summed E-state index contributed by atoms with van der Waals surface area (Å²) in [5.74, 6) is -0.346. The molecular weight excluding hydrogens is 276 g/mol. The molecule has 1 aliphatic carbocycles. The third-order valence-corrected chi connectivity index (χ3v) is 4.69. The Hall–Kier alpha value is -2.03. The predicted octanol–water partition coefficient (Wildman–Crippen LogP) is 4.41. The maximum atomic E-state index is 12.2. The van der Waals surface area contributed by atoms with E-state index in [2.05, 4.69) is 0 Å². The summed E-state index contributed by atoms with van der Waals surface area (Å²) in [6, 6.07) is 9.93. The molecule has 2 aliphatic rings. The van der Waals surface area contributed by atoms with Crippen LogP contribution in [-0.4, -0.2) is 16.7 Å². The molecule has 22 heavy (non-hydrogen) atoms. The summed E-state index contributed by atoms with van der Waals surface area (Å²) in [7, 11) is 0. The Morgan fingerprint density at radius 3 is 2.55 bits per heavy atom. The lowest BCUT2D eigenvalue weighted by atomic mass is 9.82. The van der Waals surface area contributed by atoms with Gasteiger partial charge >= 0.3 is 5.97 Å². The van der Waals surface area contributed by atoms with Crippen molar-refractivity contribution < 1.29 is 14.6 Å². The first-order valence-corrected chi connectivity index (χ1v) is 8.03. The van der Waals surface area contributed by atoms with Crippen molar-refractivity contribution in [1.82, 2.24) is 0 Å². The number of carbonyl (C=O) groups is 1. The van der Waals surface area contributed by atoms with E-state index >= 15 is 0 Å². The lowest BCUT2D eigenvalue weighted by Gasteiger charge is -2.31. The highest BCUT2D eigenvalue weighted by molar-refractivity contribution is 5.93. The Kier molecular flexibility index (Phi) is 4.06. The van der Waals surface area contributed by atoms with Gasteiger partial charge in [0.25, 0.3) is 0 Å². The highest BCUT2D eigenvalue weighted by Crippen LogP contribution is 2.44. The Morgan fingerprint density at radius 2 is 1.86 bits per heavy atom. The summed E-state index contributed by atoms with van der Waals surface area (Å²) in [5.41, 5.74) is 0.766. The average Bonchev–Trinajstić information content (AvgIpc) is 2.77. The molecule has 0 saturated heterocycles. The van der Waals surface area contributed by atoms with Crippen LogP contribution < -0.4 is 0 Å². The van der Waals surface area contributed by atoms with Gasteiger partial charge in [0.15, 0.2) is 5.60 Å². The number of aliphatic hydroxyl groups excluding tert-OH is 1. The van der Waals surface area contributed by atoms with Gasteiger partial charge in [0.05, 0.1) is 5.57 Å². The minimum Gasteiger partial charge on any atom is -0.507 e. The molecule has 116 valence electrons.